The average Bonchev–Trinajstić information content (AvgIpc) is 3.92. The van der Waals surface area contributed by atoms with Crippen LogP contribution in [0.25, 0.3) is 22.5 Å². The third-order valence-electron chi connectivity index (χ3n) is 9.47. The maximum Gasteiger partial charge on any atom is 0.183 e. The minimum atomic E-state index is -0.841. The monoisotopic (exact) mass is 732 g/mol. The predicted molar refractivity (Wildman–Crippen MR) is 210 cm³/mol. The van der Waals surface area contributed by atoms with Gasteiger partial charge < -0.3 is 9.30 Å². The molecule has 0 aliphatic carbocycles. The quantitative estimate of drug-likeness (QED) is 0.117. The standard InChI is InChI=1S/C44H34Cl2N6O/c45-39-23-24-40(41(46)28-39)42(29-51-26-25-47-31-51)53-30-32-19-21-33(22-20-32)34-11-10-12-35(27-34)43-48-49-50-52(43)44(36-13-4-1-5-14-36,37-15-6-2-7-16-37)38-17-8-3-9-18-38/h1-28,31,42H,29-30H2. The highest BCUT2D eigenvalue weighted by Crippen LogP contribution is 2.42. The lowest BCUT2D eigenvalue weighted by Crippen LogP contribution is -2.39. The van der Waals surface area contributed by atoms with Gasteiger partial charge in [0.1, 0.15) is 11.6 Å². The number of hydrogen-bond donors (Lipinski definition) is 0. The molecule has 0 N–H and O–H groups in total. The lowest BCUT2D eigenvalue weighted by atomic mass is 9.77. The molecule has 1 unspecified atom stereocenters. The molecule has 0 aliphatic rings. The SMILES string of the molecule is Clc1ccc(C(Cn2ccnc2)OCc2ccc(-c3cccc(-c4nnnn4C(c4ccccc4)(c4ccccc4)c4ccccc4)c3)cc2)c(Cl)c1. The van der Waals surface area contributed by atoms with E-state index in [0.29, 0.717) is 29.0 Å². The van der Waals surface area contributed by atoms with Crippen molar-refractivity contribution in [2.24, 2.45) is 0 Å². The van der Waals surface area contributed by atoms with Crippen molar-refractivity contribution in [2.45, 2.75) is 24.8 Å². The largest absolute Gasteiger partial charge is 0.367 e. The van der Waals surface area contributed by atoms with Crippen LogP contribution in [-0.4, -0.2) is 29.8 Å². The molecule has 0 bridgehead atoms. The Kier molecular flexibility index (Phi) is 9.95. The second-order valence-electron chi connectivity index (χ2n) is 12.7. The molecule has 0 amide bonds. The molecule has 8 aromatic rings. The number of benzene rings is 6. The Labute approximate surface area is 318 Å². The highest BCUT2D eigenvalue weighted by molar-refractivity contribution is 6.35. The van der Waals surface area contributed by atoms with E-state index in [1.165, 1.54) is 0 Å². The summed E-state index contributed by atoms with van der Waals surface area (Å²) in [6.45, 7) is 0.958. The molecule has 0 saturated carbocycles. The number of ether oxygens (including phenoxy) is 1. The fraction of sp³-hybridized carbons (Fsp3) is 0.0909. The van der Waals surface area contributed by atoms with Gasteiger partial charge >= 0.3 is 0 Å². The number of hydrogen-bond acceptors (Lipinski definition) is 5. The first kappa shape index (κ1) is 34.2. The highest BCUT2D eigenvalue weighted by atomic mass is 35.5. The number of rotatable bonds is 12. The van der Waals surface area contributed by atoms with Crippen LogP contribution in [0.2, 0.25) is 10.0 Å². The number of halogens is 2. The topological polar surface area (TPSA) is 70.7 Å². The van der Waals surface area contributed by atoms with E-state index >= 15 is 0 Å². The van der Waals surface area contributed by atoms with E-state index in [4.69, 9.17) is 33.2 Å². The van der Waals surface area contributed by atoms with Gasteiger partial charge in [0.25, 0.3) is 0 Å². The molecular weight excluding hydrogens is 699 g/mol. The zero-order chi connectivity index (χ0) is 36.0. The smallest absolute Gasteiger partial charge is 0.183 e. The molecule has 0 radical (unpaired) electrons. The molecule has 1 atom stereocenters. The number of imidazole rings is 1. The van der Waals surface area contributed by atoms with Crippen LogP contribution in [0.3, 0.4) is 0 Å². The predicted octanol–water partition coefficient (Wildman–Crippen LogP) is 10.3. The van der Waals surface area contributed by atoms with Crippen molar-refractivity contribution in [3.63, 3.8) is 0 Å². The van der Waals surface area contributed by atoms with Crippen molar-refractivity contribution < 1.29 is 4.74 Å². The Morgan fingerprint density at radius 2 is 1.28 bits per heavy atom. The lowest BCUT2D eigenvalue weighted by molar-refractivity contribution is 0.0280. The summed E-state index contributed by atoms with van der Waals surface area (Å²) in [5, 5.41) is 14.8. The fourth-order valence-electron chi connectivity index (χ4n) is 6.92. The minimum Gasteiger partial charge on any atom is -0.367 e. The van der Waals surface area contributed by atoms with E-state index in [1.54, 1.807) is 18.6 Å². The van der Waals surface area contributed by atoms with Gasteiger partial charge in [-0.1, -0.05) is 163 Å². The van der Waals surface area contributed by atoms with Crippen LogP contribution in [0.1, 0.15) is 33.9 Å². The molecule has 6 aromatic carbocycles. The summed E-state index contributed by atoms with van der Waals surface area (Å²) in [6.07, 6.45) is 5.13. The van der Waals surface area contributed by atoms with Gasteiger partial charge in [0.2, 0.25) is 0 Å². The zero-order valence-electron chi connectivity index (χ0n) is 28.6. The van der Waals surface area contributed by atoms with E-state index in [9.17, 15) is 0 Å². The van der Waals surface area contributed by atoms with Crippen LogP contribution in [0, 0.1) is 0 Å². The molecule has 0 spiro atoms. The van der Waals surface area contributed by atoms with Crippen LogP contribution in [0.4, 0.5) is 0 Å². The molecular formula is C44H34Cl2N6O. The van der Waals surface area contributed by atoms with Crippen molar-refractivity contribution in [2.75, 3.05) is 0 Å². The van der Waals surface area contributed by atoms with Gasteiger partial charge in [-0.05, 0) is 62.0 Å². The van der Waals surface area contributed by atoms with Gasteiger partial charge in [0.05, 0.1) is 19.5 Å². The first-order chi connectivity index (χ1) is 26.1. The number of aromatic nitrogens is 6. The van der Waals surface area contributed by atoms with Gasteiger partial charge in [0, 0.05) is 33.6 Å². The van der Waals surface area contributed by atoms with Crippen molar-refractivity contribution in [3.8, 4) is 22.5 Å². The van der Waals surface area contributed by atoms with E-state index in [-0.39, 0.29) is 6.10 Å². The minimum absolute atomic E-state index is 0.300. The first-order valence-corrected chi connectivity index (χ1v) is 18.0. The van der Waals surface area contributed by atoms with Gasteiger partial charge in [-0.15, -0.1) is 5.10 Å². The Morgan fingerprint density at radius 3 is 1.89 bits per heavy atom. The molecule has 0 aliphatic heterocycles. The van der Waals surface area contributed by atoms with Crippen molar-refractivity contribution in [3.05, 3.63) is 214 Å². The molecule has 53 heavy (non-hydrogen) atoms. The van der Waals surface area contributed by atoms with Crippen LogP contribution in [-0.2, 0) is 23.4 Å². The van der Waals surface area contributed by atoms with Gasteiger partial charge in [-0.25, -0.2) is 9.67 Å². The van der Waals surface area contributed by atoms with E-state index in [2.05, 4.69) is 131 Å². The maximum atomic E-state index is 6.61. The third kappa shape index (κ3) is 7.02. The molecule has 2 heterocycles. The summed E-state index contributed by atoms with van der Waals surface area (Å²) in [4.78, 5) is 4.18. The maximum absolute atomic E-state index is 6.61. The fourth-order valence-corrected chi connectivity index (χ4v) is 7.45. The summed E-state index contributed by atoms with van der Waals surface area (Å²) < 4.78 is 10.4. The lowest BCUT2D eigenvalue weighted by Gasteiger charge is -2.36. The Balaban J connectivity index is 1.11. The normalized spacial score (nSPS) is 12.1. The summed E-state index contributed by atoms with van der Waals surface area (Å²) >= 11 is 12.8. The molecule has 0 fully saturated rings. The molecule has 8 rings (SSSR count). The highest BCUT2D eigenvalue weighted by Gasteiger charge is 2.41. The summed E-state index contributed by atoms with van der Waals surface area (Å²) in [6, 6.07) is 53.5. The third-order valence-corrected chi connectivity index (χ3v) is 10.0. The van der Waals surface area contributed by atoms with Gasteiger partial charge in [0.15, 0.2) is 5.82 Å². The molecule has 9 heteroatoms. The van der Waals surface area contributed by atoms with Crippen molar-refractivity contribution in [1.29, 1.82) is 0 Å². The molecule has 0 saturated heterocycles. The second kappa shape index (κ2) is 15.4. The number of nitrogens with zero attached hydrogens (tertiary/aromatic N) is 6. The molecule has 7 nitrogen and oxygen atoms in total. The molecule has 260 valence electrons. The second-order valence-corrected chi connectivity index (χ2v) is 13.6. The van der Waals surface area contributed by atoms with Crippen LogP contribution in [0.5, 0.6) is 0 Å². The summed E-state index contributed by atoms with van der Waals surface area (Å²) in [5.74, 6) is 0.651. The Morgan fingerprint density at radius 1 is 0.642 bits per heavy atom. The van der Waals surface area contributed by atoms with Crippen LogP contribution < -0.4 is 0 Å². The van der Waals surface area contributed by atoms with Crippen LogP contribution >= 0.6 is 23.2 Å². The Bertz CT molecular complexity index is 2300. The number of tetrazole rings is 1. The van der Waals surface area contributed by atoms with Crippen molar-refractivity contribution in [1.82, 2.24) is 29.8 Å². The Hall–Kier alpha value is -5.86. The summed E-state index contributed by atoms with van der Waals surface area (Å²) in [5.41, 5.74) is 7.21. The van der Waals surface area contributed by atoms with Crippen LogP contribution in [0.15, 0.2) is 176 Å². The summed E-state index contributed by atoms with van der Waals surface area (Å²) in [7, 11) is 0. The van der Waals surface area contributed by atoms with Gasteiger partial charge in [-0.3, -0.25) is 0 Å². The van der Waals surface area contributed by atoms with Crippen molar-refractivity contribution >= 4 is 23.2 Å². The van der Waals surface area contributed by atoms with Gasteiger partial charge in [-0.2, -0.15) is 0 Å². The zero-order valence-corrected chi connectivity index (χ0v) is 30.1. The first-order valence-electron chi connectivity index (χ1n) is 17.3. The average molecular weight is 734 g/mol. The van der Waals surface area contributed by atoms with E-state index < -0.39 is 5.54 Å². The molecule has 2 aromatic heterocycles. The van der Waals surface area contributed by atoms with E-state index in [0.717, 1.165) is 44.5 Å². The van der Waals surface area contributed by atoms with E-state index in [1.807, 2.05) is 51.8 Å².